The second kappa shape index (κ2) is 6.37. The van der Waals surface area contributed by atoms with Crippen LogP contribution in [0.3, 0.4) is 0 Å². The predicted octanol–water partition coefficient (Wildman–Crippen LogP) is 3.06. The highest BCUT2D eigenvalue weighted by Gasteiger charge is 2.27. The fourth-order valence-electron chi connectivity index (χ4n) is 2.70. The molecule has 0 aliphatic carbocycles. The van der Waals surface area contributed by atoms with E-state index in [0.29, 0.717) is 5.69 Å². The molecule has 1 aliphatic rings. The van der Waals surface area contributed by atoms with E-state index in [1.165, 1.54) is 11.6 Å². The summed E-state index contributed by atoms with van der Waals surface area (Å²) in [5, 5.41) is 2.48. The molecule has 1 unspecified atom stereocenters. The number of carbonyl (C=O) groups excluding carboxylic acids is 1. The molecule has 1 amide bonds. The summed E-state index contributed by atoms with van der Waals surface area (Å²) in [5.74, 6) is 0.696. The van der Waals surface area contributed by atoms with Crippen LogP contribution in [0.5, 0.6) is 0 Å². The van der Waals surface area contributed by atoms with E-state index in [-0.39, 0.29) is 16.1 Å². The third kappa shape index (κ3) is 3.43. The largest absolute Gasteiger partial charge is 0.324 e. The number of nitrogens with one attached hydrogen (secondary N) is 1. The third-order valence-electron chi connectivity index (χ3n) is 3.78. The lowest BCUT2D eigenvalue weighted by molar-refractivity contribution is -0.115. The molecule has 120 valence electrons. The first-order valence-corrected chi connectivity index (χ1v) is 10.2. The van der Waals surface area contributed by atoms with Gasteiger partial charge in [-0.2, -0.15) is 0 Å². The van der Waals surface area contributed by atoms with Crippen molar-refractivity contribution >= 4 is 33.2 Å². The molecule has 6 heteroatoms. The van der Waals surface area contributed by atoms with Crippen molar-refractivity contribution in [2.45, 2.75) is 16.6 Å². The number of anilines is 1. The van der Waals surface area contributed by atoms with E-state index >= 15 is 0 Å². The van der Waals surface area contributed by atoms with Gasteiger partial charge in [0.15, 0.2) is 9.84 Å². The van der Waals surface area contributed by atoms with Gasteiger partial charge in [0, 0.05) is 6.26 Å². The minimum Gasteiger partial charge on any atom is -0.324 e. The van der Waals surface area contributed by atoms with Gasteiger partial charge >= 0.3 is 0 Å². The molecule has 4 nitrogen and oxygen atoms in total. The van der Waals surface area contributed by atoms with Crippen molar-refractivity contribution in [2.24, 2.45) is 0 Å². The van der Waals surface area contributed by atoms with Crippen LogP contribution in [-0.2, 0) is 21.1 Å². The Balaban J connectivity index is 1.90. The molecule has 0 bridgehead atoms. The van der Waals surface area contributed by atoms with Crippen LogP contribution in [0.1, 0.15) is 16.4 Å². The Morgan fingerprint density at radius 3 is 2.61 bits per heavy atom. The molecule has 2 aromatic rings. The summed E-state index contributed by atoms with van der Waals surface area (Å²) in [6.45, 7) is 0. The maximum absolute atomic E-state index is 12.7. The zero-order valence-corrected chi connectivity index (χ0v) is 14.3. The minimum atomic E-state index is -3.39. The van der Waals surface area contributed by atoms with E-state index in [0.717, 1.165) is 24.0 Å². The number of aryl methyl sites for hydroxylation is 1. The third-order valence-corrected chi connectivity index (χ3v) is 6.17. The number of hydrogen-bond donors (Lipinski definition) is 1. The van der Waals surface area contributed by atoms with E-state index in [4.69, 9.17) is 0 Å². The summed E-state index contributed by atoms with van der Waals surface area (Å²) in [6.07, 6.45) is 2.09. The molecule has 1 aliphatic heterocycles. The molecule has 0 saturated carbocycles. The summed E-state index contributed by atoms with van der Waals surface area (Å²) in [6, 6.07) is 14.4. The fraction of sp³-hybridized carbons (Fsp3) is 0.235. The number of amides is 1. The minimum absolute atomic E-state index is 0.141. The quantitative estimate of drug-likeness (QED) is 0.927. The van der Waals surface area contributed by atoms with Crippen LogP contribution in [0.25, 0.3) is 0 Å². The number of para-hydroxylation sites is 1. The van der Waals surface area contributed by atoms with Crippen molar-refractivity contribution in [1.29, 1.82) is 0 Å². The zero-order valence-electron chi connectivity index (χ0n) is 12.7. The predicted molar refractivity (Wildman–Crippen MR) is 93.5 cm³/mol. The molecule has 1 atom stereocenters. The van der Waals surface area contributed by atoms with Crippen molar-refractivity contribution in [3.63, 3.8) is 0 Å². The zero-order chi connectivity index (χ0) is 16.4. The van der Waals surface area contributed by atoms with Gasteiger partial charge in [-0.25, -0.2) is 8.42 Å². The smallest absolute Gasteiger partial charge is 0.242 e. The Labute approximate surface area is 140 Å². The first-order chi connectivity index (χ1) is 11.0. The van der Waals surface area contributed by atoms with E-state index in [9.17, 15) is 13.2 Å². The van der Waals surface area contributed by atoms with Crippen LogP contribution < -0.4 is 5.32 Å². The normalized spacial score (nSPS) is 17.3. The van der Waals surface area contributed by atoms with E-state index in [1.54, 1.807) is 30.0 Å². The lowest BCUT2D eigenvalue weighted by atomic mass is 10.0. The van der Waals surface area contributed by atoms with Gasteiger partial charge in [0.2, 0.25) is 5.91 Å². The summed E-state index contributed by atoms with van der Waals surface area (Å²) in [4.78, 5) is 12.8. The molecule has 23 heavy (non-hydrogen) atoms. The average molecular weight is 347 g/mol. The Bertz CT molecular complexity index is 846. The standard InChI is InChI=1S/C17H17NO3S2/c1-23(20,21)15-9-5-4-8-14(15)18-17(19)16-13-7-3-2-6-12(13)10-11-22-16/h2-9,16H,10-11H2,1H3,(H,18,19). The van der Waals surface area contributed by atoms with Crippen LogP contribution >= 0.6 is 11.8 Å². The summed E-state index contributed by atoms with van der Waals surface area (Å²) in [7, 11) is -3.39. The van der Waals surface area contributed by atoms with Gasteiger partial charge in [-0.05, 0) is 35.4 Å². The molecule has 0 radical (unpaired) electrons. The highest BCUT2D eigenvalue weighted by Crippen LogP contribution is 2.37. The van der Waals surface area contributed by atoms with Gasteiger partial charge < -0.3 is 5.32 Å². The first-order valence-electron chi connectivity index (χ1n) is 7.26. The lowest BCUT2D eigenvalue weighted by Crippen LogP contribution is -2.23. The van der Waals surface area contributed by atoms with Crippen molar-refractivity contribution in [1.82, 2.24) is 0 Å². The van der Waals surface area contributed by atoms with E-state index in [2.05, 4.69) is 5.32 Å². The van der Waals surface area contributed by atoms with Crippen LogP contribution in [0.2, 0.25) is 0 Å². The molecule has 1 N–H and O–H groups in total. The summed E-state index contributed by atoms with van der Waals surface area (Å²) >= 11 is 1.59. The van der Waals surface area contributed by atoms with Crippen LogP contribution in [0.15, 0.2) is 53.4 Å². The lowest BCUT2D eigenvalue weighted by Gasteiger charge is -2.24. The number of thioether (sulfide) groups is 1. The number of fused-ring (bicyclic) bond motifs is 1. The second-order valence-electron chi connectivity index (χ2n) is 5.46. The Kier molecular flexibility index (Phi) is 4.46. The highest BCUT2D eigenvalue weighted by molar-refractivity contribution is 8.00. The monoisotopic (exact) mass is 347 g/mol. The number of carbonyl (C=O) groups is 1. The molecule has 0 aromatic heterocycles. The van der Waals surface area contributed by atoms with Gasteiger partial charge in [0.25, 0.3) is 0 Å². The first kappa shape index (κ1) is 16.1. The van der Waals surface area contributed by atoms with Crippen molar-refractivity contribution in [2.75, 3.05) is 17.3 Å². The molecule has 0 fully saturated rings. The summed E-state index contributed by atoms with van der Waals surface area (Å²) < 4.78 is 23.7. The average Bonchev–Trinajstić information content (AvgIpc) is 2.54. The van der Waals surface area contributed by atoms with Gasteiger partial charge in [0.1, 0.15) is 5.25 Å². The molecule has 2 aromatic carbocycles. The maximum atomic E-state index is 12.7. The topological polar surface area (TPSA) is 63.2 Å². The Morgan fingerprint density at radius 1 is 1.13 bits per heavy atom. The van der Waals surface area contributed by atoms with Crippen LogP contribution in [0, 0.1) is 0 Å². The summed E-state index contributed by atoms with van der Waals surface area (Å²) in [5.41, 5.74) is 2.53. The molecule has 1 heterocycles. The Morgan fingerprint density at radius 2 is 1.83 bits per heavy atom. The number of hydrogen-bond acceptors (Lipinski definition) is 4. The van der Waals surface area contributed by atoms with Gasteiger partial charge in [-0.1, -0.05) is 36.4 Å². The van der Waals surface area contributed by atoms with Crippen molar-refractivity contribution in [3.8, 4) is 0 Å². The number of sulfone groups is 1. The molecular formula is C17H17NO3S2. The fourth-order valence-corrected chi connectivity index (χ4v) is 4.74. The van der Waals surface area contributed by atoms with Gasteiger partial charge in [-0.3, -0.25) is 4.79 Å². The van der Waals surface area contributed by atoms with Crippen LogP contribution in [-0.4, -0.2) is 26.3 Å². The molecule has 3 rings (SSSR count). The molecular weight excluding hydrogens is 330 g/mol. The maximum Gasteiger partial charge on any atom is 0.242 e. The number of rotatable bonds is 3. The highest BCUT2D eigenvalue weighted by atomic mass is 32.2. The molecule has 0 spiro atoms. The Hall–Kier alpha value is -1.79. The SMILES string of the molecule is CS(=O)(=O)c1ccccc1NC(=O)C1SCCc2ccccc21. The number of benzene rings is 2. The van der Waals surface area contributed by atoms with E-state index in [1.807, 2.05) is 24.3 Å². The van der Waals surface area contributed by atoms with Crippen molar-refractivity contribution < 1.29 is 13.2 Å². The van der Waals surface area contributed by atoms with Gasteiger partial charge in [-0.15, -0.1) is 11.8 Å². The van der Waals surface area contributed by atoms with Crippen LogP contribution in [0.4, 0.5) is 5.69 Å². The second-order valence-corrected chi connectivity index (χ2v) is 8.65. The van der Waals surface area contributed by atoms with Gasteiger partial charge in [0.05, 0.1) is 10.6 Å². The van der Waals surface area contributed by atoms with E-state index < -0.39 is 9.84 Å². The van der Waals surface area contributed by atoms with Crippen molar-refractivity contribution in [3.05, 3.63) is 59.7 Å². The molecule has 0 saturated heterocycles.